The molecule has 1 saturated heterocycles. The van der Waals surface area contributed by atoms with E-state index in [1.165, 1.54) is 0 Å². The van der Waals surface area contributed by atoms with E-state index in [0.717, 1.165) is 38.7 Å². The van der Waals surface area contributed by atoms with Gasteiger partial charge in [-0.15, -0.1) is 0 Å². The molecule has 0 bridgehead atoms. The minimum absolute atomic E-state index is 0.0277. The number of aromatic nitrogens is 2. The second kappa shape index (κ2) is 8.82. The molecule has 2 aromatic rings. The Kier molecular flexibility index (Phi) is 6.25. The Hall–Kier alpha value is -2.38. The van der Waals surface area contributed by atoms with Gasteiger partial charge in [0.15, 0.2) is 0 Å². The molecule has 0 unspecified atom stereocenters. The lowest BCUT2D eigenvalue weighted by Crippen LogP contribution is -2.47. The molecule has 0 spiro atoms. The molecule has 1 aliphatic rings. The van der Waals surface area contributed by atoms with E-state index in [1.807, 2.05) is 6.07 Å². The lowest BCUT2D eigenvalue weighted by molar-refractivity contribution is -0.116. The summed E-state index contributed by atoms with van der Waals surface area (Å²) >= 11 is 6.08. The van der Waals surface area contributed by atoms with Crippen molar-refractivity contribution in [2.75, 3.05) is 50.1 Å². The fourth-order valence-corrected chi connectivity index (χ4v) is 3.11. The summed E-state index contributed by atoms with van der Waals surface area (Å²) in [6, 6.07) is 7.02. The Morgan fingerprint density at radius 2 is 1.96 bits per heavy atom. The SMILES string of the molecule is COc1ccc(NC(=O)CCN2CCN(c3ncccn3)CC2)cc1Cl. The van der Waals surface area contributed by atoms with Crippen LogP contribution < -0.4 is 15.0 Å². The number of amides is 1. The van der Waals surface area contributed by atoms with Crippen LogP contribution in [0, 0.1) is 0 Å². The maximum Gasteiger partial charge on any atom is 0.225 e. The molecule has 1 N–H and O–H groups in total. The monoisotopic (exact) mass is 375 g/mol. The number of methoxy groups -OCH3 is 1. The van der Waals surface area contributed by atoms with Crippen LogP contribution in [-0.4, -0.2) is 60.6 Å². The highest BCUT2D eigenvalue weighted by molar-refractivity contribution is 6.32. The number of ether oxygens (including phenoxy) is 1. The van der Waals surface area contributed by atoms with Crippen LogP contribution in [0.15, 0.2) is 36.7 Å². The molecule has 26 heavy (non-hydrogen) atoms. The molecule has 138 valence electrons. The molecule has 0 aliphatic carbocycles. The predicted molar refractivity (Wildman–Crippen MR) is 102 cm³/mol. The quantitative estimate of drug-likeness (QED) is 0.835. The molecular weight excluding hydrogens is 354 g/mol. The molecule has 0 saturated carbocycles. The van der Waals surface area contributed by atoms with Crippen molar-refractivity contribution in [3.05, 3.63) is 41.7 Å². The molecule has 8 heteroatoms. The Morgan fingerprint density at radius 3 is 2.62 bits per heavy atom. The number of halogens is 1. The fraction of sp³-hybridized carbons (Fsp3) is 0.389. The van der Waals surface area contributed by atoms with Gasteiger partial charge in [-0.2, -0.15) is 0 Å². The lowest BCUT2D eigenvalue weighted by atomic mass is 10.2. The van der Waals surface area contributed by atoms with E-state index in [9.17, 15) is 4.79 Å². The van der Waals surface area contributed by atoms with Crippen molar-refractivity contribution in [3.8, 4) is 5.75 Å². The molecule has 0 atom stereocenters. The number of carbonyl (C=O) groups is 1. The van der Waals surface area contributed by atoms with Gasteiger partial charge >= 0.3 is 0 Å². The highest BCUT2D eigenvalue weighted by Crippen LogP contribution is 2.27. The Labute approximate surface area is 157 Å². The van der Waals surface area contributed by atoms with Crippen molar-refractivity contribution in [1.82, 2.24) is 14.9 Å². The second-order valence-electron chi connectivity index (χ2n) is 6.02. The number of hydrogen-bond donors (Lipinski definition) is 1. The molecule has 1 aromatic heterocycles. The number of anilines is 2. The summed E-state index contributed by atoms with van der Waals surface area (Å²) in [7, 11) is 1.56. The van der Waals surface area contributed by atoms with Gasteiger partial charge in [-0.3, -0.25) is 9.69 Å². The number of rotatable bonds is 6. The summed E-state index contributed by atoms with van der Waals surface area (Å²) in [5.74, 6) is 1.33. The summed E-state index contributed by atoms with van der Waals surface area (Å²) in [6.45, 7) is 4.22. The zero-order valence-corrected chi connectivity index (χ0v) is 15.4. The molecule has 3 rings (SSSR count). The normalized spacial score (nSPS) is 14.9. The van der Waals surface area contributed by atoms with Gasteiger partial charge in [0.25, 0.3) is 0 Å². The van der Waals surface area contributed by atoms with Gasteiger partial charge in [-0.1, -0.05) is 11.6 Å². The summed E-state index contributed by atoms with van der Waals surface area (Å²) in [5, 5.41) is 3.35. The van der Waals surface area contributed by atoms with Crippen LogP contribution in [0.1, 0.15) is 6.42 Å². The highest BCUT2D eigenvalue weighted by atomic mass is 35.5. The standard InChI is InChI=1S/C18H22ClN5O2/c1-26-16-4-3-14(13-15(16)19)22-17(25)5-8-23-9-11-24(12-10-23)18-20-6-2-7-21-18/h2-4,6-7,13H,5,8-12H2,1H3,(H,22,25). The maximum absolute atomic E-state index is 12.2. The van der Waals surface area contributed by atoms with Crippen LogP contribution in [0.4, 0.5) is 11.6 Å². The molecule has 7 nitrogen and oxygen atoms in total. The van der Waals surface area contributed by atoms with E-state index < -0.39 is 0 Å². The topological polar surface area (TPSA) is 70.6 Å². The van der Waals surface area contributed by atoms with Gasteiger partial charge in [-0.25, -0.2) is 9.97 Å². The van der Waals surface area contributed by atoms with Crippen molar-refractivity contribution >= 4 is 29.1 Å². The summed E-state index contributed by atoms with van der Waals surface area (Å²) < 4.78 is 5.11. The summed E-state index contributed by atoms with van der Waals surface area (Å²) in [6.07, 6.45) is 3.94. The molecule has 1 fully saturated rings. The van der Waals surface area contributed by atoms with E-state index in [0.29, 0.717) is 22.9 Å². The minimum atomic E-state index is -0.0277. The number of piperazine rings is 1. The number of hydrogen-bond acceptors (Lipinski definition) is 6. The van der Waals surface area contributed by atoms with Crippen LogP contribution in [-0.2, 0) is 4.79 Å². The van der Waals surface area contributed by atoms with E-state index in [1.54, 1.807) is 37.7 Å². The Bertz CT molecular complexity index is 736. The zero-order chi connectivity index (χ0) is 18.4. The van der Waals surface area contributed by atoms with Crippen molar-refractivity contribution in [3.63, 3.8) is 0 Å². The Balaban J connectivity index is 1.42. The van der Waals surface area contributed by atoms with Gasteiger partial charge in [0, 0.05) is 57.2 Å². The van der Waals surface area contributed by atoms with E-state index in [4.69, 9.17) is 16.3 Å². The largest absolute Gasteiger partial charge is 0.495 e. The summed E-state index contributed by atoms with van der Waals surface area (Å²) in [4.78, 5) is 25.2. The number of nitrogens with zero attached hydrogens (tertiary/aromatic N) is 4. The zero-order valence-electron chi connectivity index (χ0n) is 14.7. The van der Waals surface area contributed by atoms with Crippen LogP contribution in [0.3, 0.4) is 0 Å². The molecule has 1 aromatic carbocycles. The summed E-state index contributed by atoms with van der Waals surface area (Å²) in [5.41, 5.74) is 0.673. The molecule has 2 heterocycles. The fourth-order valence-electron chi connectivity index (χ4n) is 2.85. The molecule has 1 aliphatic heterocycles. The van der Waals surface area contributed by atoms with Crippen LogP contribution in [0.25, 0.3) is 0 Å². The van der Waals surface area contributed by atoms with E-state index in [-0.39, 0.29) is 5.91 Å². The first kappa shape index (κ1) is 18.4. The molecular formula is C18H22ClN5O2. The average molecular weight is 376 g/mol. The van der Waals surface area contributed by atoms with Gasteiger partial charge in [0.05, 0.1) is 12.1 Å². The lowest BCUT2D eigenvalue weighted by Gasteiger charge is -2.34. The first-order valence-corrected chi connectivity index (χ1v) is 8.91. The Morgan fingerprint density at radius 1 is 1.23 bits per heavy atom. The number of nitrogens with one attached hydrogen (secondary N) is 1. The van der Waals surface area contributed by atoms with Crippen LogP contribution in [0.5, 0.6) is 5.75 Å². The van der Waals surface area contributed by atoms with Crippen LogP contribution in [0.2, 0.25) is 5.02 Å². The van der Waals surface area contributed by atoms with Crippen molar-refractivity contribution in [2.45, 2.75) is 6.42 Å². The van der Waals surface area contributed by atoms with E-state index in [2.05, 4.69) is 25.1 Å². The molecule has 0 radical (unpaired) electrons. The predicted octanol–water partition coefficient (Wildman–Crippen LogP) is 2.29. The van der Waals surface area contributed by atoms with E-state index >= 15 is 0 Å². The number of benzene rings is 1. The van der Waals surface area contributed by atoms with Gasteiger partial charge < -0.3 is 15.0 Å². The van der Waals surface area contributed by atoms with Gasteiger partial charge in [0.1, 0.15) is 5.75 Å². The second-order valence-corrected chi connectivity index (χ2v) is 6.43. The van der Waals surface area contributed by atoms with Crippen molar-refractivity contribution < 1.29 is 9.53 Å². The van der Waals surface area contributed by atoms with Crippen LogP contribution >= 0.6 is 11.6 Å². The van der Waals surface area contributed by atoms with Gasteiger partial charge in [0.2, 0.25) is 11.9 Å². The number of carbonyl (C=O) groups excluding carboxylic acids is 1. The average Bonchev–Trinajstić information content (AvgIpc) is 2.68. The first-order chi connectivity index (χ1) is 12.7. The highest BCUT2D eigenvalue weighted by Gasteiger charge is 2.19. The third-order valence-electron chi connectivity index (χ3n) is 4.30. The third-order valence-corrected chi connectivity index (χ3v) is 4.59. The van der Waals surface area contributed by atoms with Gasteiger partial charge in [-0.05, 0) is 24.3 Å². The minimum Gasteiger partial charge on any atom is -0.495 e. The first-order valence-electron chi connectivity index (χ1n) is 8.53. The maximum atomic E-state index is 12.2. The molecule has 1 amide bonds. The third kappa shape index (κ3) is 4.83. The van der Waals surface area contributed by atoms with Crippen molar-refractivity contribution in [2.24, 2.45) is 0 Å². The smallest absolute Gasteiger partial charge is 0.225 e. The van der Waals surface area contributed by atoms with Crippen molar-refractivity contribution in [1.29, 1.82) is 0 Å².